The molecule has 0 atom stereocenters. The molecule has 1 aromatic rings. The van der Waals surface area contributed by atoms with E-state index < -0.39 is 10.0 Å². The van der Waals surface area contributed by atoms with E-state index >= 15 is 0 Å². The van der Waals surface area contributed by atoms with Crippen LogP contribution in [-0.2, 0) is 14.8 Å². The second-order valence-electron chi connectivity index (χ2n) is 4.73. The van der Waals surface area contributed by atoms with Crippen molar-refractivity contribution in [1.29, 1.82) is 0 Å². The number of nitrogens with one attached hydrogen (secondary N) is 3. The summed E-state index contributed by atoms with van der Waals surface area (Å²) < 4.78 is 25.2. The molecule has 1 aromatic carbocycles. The zero-order valence-electron chi connectivity index (χ0n) is 12.7. The highest BCUT2D eigenvalue weighted by molar-refractivity contribution is 7.89. The van der Waals surface area contributed by atoms with Crippen molar-refractivity contribution in [3.8, 4) is 0 Å². The van der Waals surface area contributed by atoms with Crippen molar-refractivity contribution < 1.29 is 18.0 Å². The summed E-state index contributed by atoms with van der Waals surface area (Å²) in [7, 11) is -3.25. The first kappa shape index (κ1) is 18.1. The molecule has 0 aliphatic carbocycles. The minimum Gasteiger partial charge on any atom is -0.351 e. The molecule has 0 saturated carbocycles. The lowest BCUT2D eigenvalue weighted by Gasteiger charge is -2.08. The summed E-state index contributed by atoms with van der Waals surface area (Å²) in [6.45, 7) is 3.54. The number of carbonyl (C=O) groups excluding carboxylic acids is 2. The summed E-state index contributed by atoms with van der Waals surface area (Å²) >= 11 is 0. The second-order valence-corrected chi connectivity index (χ2v) is 6.65. The van der Waals surface area contributed by atoms with E-state index in [0.29, 0.717) is 17.7 Å². The SMILES string of the molecule is CCCS(=O)(=O)NCCNC(=O)c1ccc(NC(C)=O)cc1. The van der Waals surface area contributed by atoms with Gasteiger partial charge in [-0.25, -0.2) is 13.1 Å². The van der Waals surface area contributed by atoms with Gasteiger partial charge in [-0.3, -0.25) is 9.59 Å². The first-order valence-electron chi connectivity index (χ1n) is 6.97. The predicted octanol–water partition coefficient (Wildman–Crippen LogP) is 0.704. The van der Waals surface area contributed by atoms with Gasteiger partial charge in [-0.15, -0.1) is 0 Å². The molecule has 0 bridgehead atoms. The third-order valence-corrected chi connectivity index (χ3v) is 4.26. The number of benzene rings is 1. The third kappa shape index (κ3) is 6.68. The van der Waals surface area contributed by atoms with Crippen LogP contribution in [0.4, 0.5) is 5.69 Å². The molecule has 8 heteroatoms. The minimum absolute atomic E-state index is 0.0750. The third-order valence-electron chi connectivity index (χ3n) is 2.67. The highest BCUT2D eigenvalue weighted by Crippen LogP contribution is 2.09. The summed E-state index contributed by atoms with van der Waals surface area (Å²) in [4.78, 5) is 22.7. The lowest BCUT2D eigenvalue weighted by molar-refractivity contribution is -0.114. The van der Waals surface area contributed by atoms with Crippen molar-refractivity contribution in [3.63, 3.8) is 0 Å². The Bertz CT molecular complexity index is 611. The van der Waals surface area contributed by atoms with Gasteiger partial charge in [0.25, 0.3) is 5.91 Å². The van der Waals surface area contributed by atoms with Crippen LogP contribution >= 0.6 is 0 Å². The molecule has 0 heterocycles. The molecule has 0 fully saturated rings. The van der Waals surface area contributed by atoms with Crippen LogP contribution < -0.4 is 15.4 Å². The van der Waals surface area contributed by atoms with Crippen LogP contribution in [0, 0.1) is 0 Å². The van der Waals surface area contributed by atoms with Gasteiger partial charge < -0.3 is 10.6 Å². The van der Waals surface area contributed by atoms with E-state index in [1.165, 1.54) is 6.92 Å². The minimum atomic E-state index is -3.25. The van der Waals surface area contributed by atoms with Crippen molar-refractivity contribution in [2.45, 2.75) is 20.3 Å². The number of amides is 2. The van der Waals surface area contributed by atoms with E-state index in [4.69, 9.17) is 0 Å². The first-order valence-corrected chi connectivity index (χ1v) is 8.62. The van der Waals surface area contributed by atoms with E-state index in [-0.39, 0.29) is 30.7 Å². The Morgan fingerprint density at radius 2 is 1.73 bits per heavy atom. The number of sulfonamides is 1. The molecule has 122 valence electrons. The summed E-state index contributed by atoms with van der Waals surface area (Å²) in [6.07, 6.45) is 0.544. The largest absolute Gasteiger partial charge is 0.351 e. The molecular weight excluding hydrogens is 306 g/mol. The topological polar surface area (TPSA) is 104 Å². The number of hydrogen-bond acceptors (Lipinski definition) is 4. The van der Waals surface area contributed by atoms with Crippen molar-refractivity contribution >= 4 is 27.5 Å². The smallest absolute Gasteiger partial charge is 0.251 e. The molecule has 2 amide bonds. The quantitative estimate of drug-likeness (QED) is 0.611. The Kier molecular flexibility index (Phi) is 7.00. The molecule has 0 spiro atoms. The summed E-state index contributed by atoms with van der Waals surface area (Å²) in [5, 5.41) is 5.23. The summed E-state index contributed by atoms with van der Waals surface area (Å²) in [5.74, 6) is -0.411. The van der Waals surface area contributed by atoms with E-state index in [1.807, 2.05) is 0 Å². The zero-order valence-corrected chi connectivity index (χ0v) is 13.5. The van der Waals surface area contributed by atoms with Crippen LogP contribution in [0.3, 0.4) is 0 Å². The molecule has 0 saturated heterocycles. The zero-order chi connectivity index (χ0) is 16.6. The Hall–Kier alpha value is -1.93. The molecule has 0 aromatic heterocycles. The molecule has 0 aliphatic heterocycles. The van der Waals surface area contributed by atoms with Gasteiger partial charge in [-0.2, -0.15) is 0 Å². The van der Waals surface area contributed by atoms with Crippen molar-refractivity contribution in [2.75, 3.05) is 24.2 Å². The molecule has 0 unspecified atom stereocenters. The van der Waals surface area contributed by atoms with Gasteiger partial charge >= 0.3 is 0 Å². The molecule has 22 heavy (non-hydrogen) atoms. The average Bonchev–Trinajstić information content (AvgIpc) is 2.43. The van der Waals surface area contributed by atoms with Gasteiger partial charge in [0.15, 0.2) is 0 Å². The number of anilines is 1. The van der Waals surface area contributed by atoms with E-state index in [0.717, 1.165) is 0 Å². The lowest BCUT2D eigenvalue weighted by atomic mass is 10.2. The number of hydrogen-bond donors (Lipinski definition) is 3. The Morgan fingerprint density at radius 3 is 2.27 bits per heavy atom. The van der Waals surface area contributed by atoms with Gasteiger partial charge in [0.1, 0.15) is 0 Å². The van der Waals surface area contributed by atoms with Gasteiger partial charge in [0.2, 0.25) is 15.9 Å². The molecule has 1 rings (SSSR count). The van der Waals surface area contributed by atoms with Crippen LogP contribution in [0.25, 0.3) is 0 Å². The van der Waals surface area contributed by atoms with Gasteiger partial charge in [0, 0.05) is 31.3 Å². The average molecular weight is 327 g/mol. The molecule has 0 aliphatic rings. The molecule has 3 N–H and O–H groups in total. The molecule has 0 radical (unpaired) electrons. The highest BCUT2D eigenvalue weighted by atomic mass is 32.2. The van der Waals surface area contributed by atoms with Crippen molar-refractivity contribution in [2.24, 2.45) is 0 Å². The summed E-state index contributed by atoms with van der Waals surface area (Å²) in [6, 6.07) is 6.42. The molecule has 7 nitrogen and oxygen atoms in total. The van der Waals surface area contributed by atoms with E-state index in [9.17, 15) is 18.0 Å². The fraction of sp³-hybridized carbons (Fsp3) is 0.429. The van der Waals surface area contributed by atoms with Crippen LogP contribution in [-0.4, -0.2) is 39.1 Å². The Morgan fingerprint density at radius 1 is 1.09 bits per heavy atom. The maximum atomic E-state index is 11.9. The normalized spacial score (nSPS) is 11.0. The van der Waals surface area contributed by atoms with Gasteiger partial charge in [0.05, 0.1) is 5.75 Å². The fourth-order valence-electron chi connectivity index (χ4n) is 1.73. The van der Waals surface area contributed by atoms with E-state index in [1.54, 1.807) is 31.2 Å². The Labute approximate surface area is 130 Å². The maximum Gasteiger partial charge on any atom is 0.251 e. The molecular formula is C14H21N3O4S. The second kappa shape index (κ2) is 8.50. The van der Waals surface area contributed by atoms with Gasteiger partial charge in [-0.1, -0.05) is 6.92 Å². The maximum absolute atomic E-state index is 11.9. The van der Waals surface area contributed by atoms with Crippen LogP contribution in [0.15, 0.2) is 24.3 Å². The Balaban J connectivity index is 2.41. The van der Waals surface area contributed by atoms with Crippen LogP contribution in [0.1, 0.15) is 30.6 Å². The number of carbonyl (C=O) groups is 2. The van der Waals surface area contributed by atoms with Crippen LogP contribution in [0.5, 0.6) is 0 Å². The fourth-order valence-corrected chi connectivity index (χ4v) is 2.83. The van der Waals surface area contributed by atoms with Gasteiger partial charge in [-0.05, 0) is 30.7 Å². The van der Waals surface area contributed by atoms with E-state index in [2.05, 4.69) is 15.4 Å². The summed E-state index contributed by atoms with van der Waals surface area (Å²) in [5.41, 5.74) is 1.04. The standard InChI is InChI=1S/C14H21N3O4S/c1-3-10-22(20,21)16-9-8-15-14(19)12-4-6-13(7-5-12)17-11(2)18/h4-7,16H,3,8-10H2,1-2H3,(H,15,19)(H,17,18). The highest BCUT2D eigenvalue weighted by Gasteiger charge is 2.08. The van der Waals surface area contributed by atoms with Crippen LogP contribution in [0.2, 0.25) is 0 Å². The lowest BCUT2D eigenvalue weighted by Crippen LogP contribution is -2.35. The first-order chi connectivity index (χ1) is 10.3. The van der Waals surface area contributed by atoms with Crippen molar-refractivity contribution in [1.82, 2.24) is 10.0 Å². The van der Waals surface area contributed by atoms with Crippen molar-refractivity contribution in [3.05, 3.63) is 29.8 Å². The predicted molar refractivity (Wildman–Crippen MR) is 85.2 cm³/mol. The monoisotopic (exact) mass is 327 g/mol. The number of rotatable bonds is 8.